The molecule has 0 bridgehead atoms. The first kappa shape index (κ1) is 16.0. The lowest BCUT2D eigenvalue weighted by molar-refractivity contribution is 0.0315. The van der Waals surface area contributed by atoms with Crippen LogP contribution in [0.1, 0.15) is 10.4 Å². The second-order valence-corrected chi connectivity index (χ2v) is 4.54. The minimum atomic E-state index is -0.446. The number of esters is 1. The number of carbonyl (C=O) groups is 1. The van der Waals surface area contributed by atoms with Gasteiger partial charge in [0, 0.05) is 14.2 Å². The molecule has 1 aromatic rings. The smallest absolute Gasteiger partial charge is 0.338 e. The molecule has 0 radical (unpaired) electrons. The highest BCUT2D eigenvalue weighted by Crippen LogP contribution is 2.34. The summed E-state index contributed by atoms with van der Waals surface area (Å²) in [5.74, 6) is 0.442. The van der Waals surface area contributed by atoms with Gasteiger partial charge in [0.15, 0.2) is 25.1 Å². The summed E-state index contributed by atoms with van der Waals surface area (Å²) >= 11 is 2.04. The number of benzene rings is 1. The summed E-state index contributed by atoms with van der Waals surface area (Å²) in [7, 11) is 4.34. The highest BCUT2D eigenvalue weighted by Gasteiger charge is 2.16. The number of ether oxygens (including phenoxy) is 5. The normalized spacial score (nSPS) is 10.1. The molecule has 1 rings (SSSR count). The van der Waals surface area contributed by atoms with Gasteiger partial charge in [0.2, 0.25) is 0 Å². The highest BCUT2D eigenvalue weighted by atomic mass is 127. The van der Waals surface area contributed by atoms with Crippen LogP contribution in [-0.4, -0.2) is 40.9 Å². The van der Waals surface area contributed by atoms with E-state index in [-0.39, 0.29) is 13.6 Å². The second kappa shape index (κ2) is 8.18. The third-order valence-electron chi connectivity index (χ3n) is 2.08. The van der Waals surface area contributed by atoms with Crippen LogP contribution in [0.3, 0.4) is 0 Å². The van der Waals surface area contributed by atoms with Crippen molar-refractivity contribution < 1.29 is 28.5 Å². The number of carbonyl (C=O) groups excluding carboxylic acids is 1. The Balaban J connectivity index is 3.09. The molecule has 0 saturated heterocycles. The van der Waals surface area contributed by atoms with Gasteiger partial charge in [0.05, 0.1) is 16.2 Å². The monoisotopic (exact) mass is 382 g/mol. The zero-order valence-corrected chi connectivity index (χ0v) is 13.1. The molecule has 0 aliphatic carbocycles. The Morgan fingerprint density at radius 1 is 1.11 bits per heavy atom. The van der Waals surface area contributed by atoms with Crippen LogP contribution in [0, 0.1) is 3.57 Å². The van der Waals surface area contributed by atoms with Crippen LogP contribution in [0.2, 0.25) is 0 Å². The van der Waals surface area contributed by atoms with Crippen molar-refractivity contribution in [1.82, 2.24) is 0 Å². The number of hydrogen-bond donors (Lipinski definition) is 0. The Morgan fingerprint density at radius 2 is 1.74 bits per heavy atom. The quantitative estimate of drug-likeness (QED) is 0.409. The van der Waals surface area contributed by atoms with E-state index in [1.165, 1.54) is 27.4 Å². The van der Waals surface area contributed by atoms with Crippen LogP contribution in [-0.2, 0) is 14.2 Å². The van der Waals surface area contributed by atoms with Crippen molar-refractivity contribution >= 4 is 28.6 Å². The zero-order valence-electron chi connectivity index (χ0n) is 10.9. The molecule has 0 aliphatic rings. The Labute approximate surface area is 125 Å². The third kappa shape index (κ3) is 4.51. The van der Waals surface area contributed by atoms with Gasteiger partial charge in [-0.1, -0.05) is 0 Å². The van der Waals surface area contributed by atoms with Crippen molar-refractivity contribution in [3.8, 4) is 11.5 Å². The summed E-state index contributed by atoms with van der Waals surface area (Å²) < 4.78 is 25.9. The highest BCUT2D eigenvalue weighted by molar-refractivity contribution is 14.1. The van der Waals surface area contributed by atoms with E-state index in [0.717, 1.165) is 0 Å². The summed E-state index contributed by atoms with van der Waals surface area (Å²) in [6.45, 7) is 0.126. The van der Waals surface area contributed by atoms with Gasteiger partial charge < -0.3 is 23.7 Å². The van der Waals surface area contributed by atoms with Crippen molar-refractivity contribution in [3.05, 3.63) is 21.3 Å². The van der Waals surface area contributed by atoms with Crippen LogP contribution in [0.4, 0.5) is 0 Å². The molecule has 0 fully saturated rings. The largest absolute Gasteiger partial charge is 0.465 e. The minimum absolute atomic E-state index is 0.0457. The molecule has 106 valence electrons. The van der Waals surface area contributed by atoms with Gasteiger partial charge in [-0.2, -0.15) is 0 Å². The first-order valence-corrected chi connectivity index (χ1v) is 6.37. The predicted octanol–water partition coefficient (Wildman–Crippen LogP) is 2.04. The maximum Gasteiger partial charge on any atom is 0.338 e. The van der Waals surface area contributed by atoms with E-state index < -0.39 is 5.97 Å². The fourth-order valence-electron chi connectivity index (χ4n) is 1.29. The van der Waals surface area contributed by atoms with Gasteiger partial charge in [-0.3, -0.25) is 0 Å². The Morgan fingerprint density at radius 3 is 2.32 bits per heavy atom. The molecule has 0 aliphatic heterocycles. The van der Waals surface area contributed by atoms with Gasteiger partial charge in [0.1, 0.15) is 0 Å². The summed E-state index contributed by atoms with van der Waals surface area (Å²) in [5, 5.41) is 0. The van der Waals surface area contributed by atoms with Gasteiger partial charge in [-0.25, -0.2) is 4.79 Å². The lowest BCUT2D eigenvalue weighted by Gasteiger charge is -2.14. The van der Waals surface area contributed by atoms with Crippen LogP contribution in [0.25, 0.3) is 0 Å². The summed E-state index contributed by atoms with van der Waals surface area (Å²) in [6.07, 6.45) is 0. The van der Waals surface area contributed by atoms with Gasteiger partial charge in [-0.15, -0.1) is 0 Å². The van der Waals surface area contributed by atoms with E-state index in [0.29, 0.717) is 20.6 Å². The van der Waals surface area contributed by atoms with Crippen LogP contribution < -0.4 is 9.47 Å². The van der Waals surface area contributed by atoms with E-state index >= 15 is 0 Å². The predicted molar refractivity (Wildman–Crippen MR) is 75.5 cm³/mol. The Hall–Kier alpha value is -1.06. The first-order chi connectivity index (χ1) is 9.13. The number of rotatable bonds is 7. The van der Waals surface area contributed by atoms with Crippen molar-refractivity contribution in [2.75, 3.05) is 34.9 Å². The van der Waals surface area contributed by atoms with Crippen LogP contribution in [0.15, 0.2) is 12.1 Å². The van der Waals surface area contributed by atoms with Gasteiger partial charge in [-0.05, 0) is 34.7 Å². The molecule has 0 saturated carbocycles. The molecule has 19 heavy (non-hydrogen) atoms. The van der Waals surface area contributed by atoms with E-state index in [2.05, 4.69) is 4.74 Å². The lowest BCUT2D eigenvalue weighted by Crippen LogP contribution is -2.08. The van der Waals surface area contributed by atoms with E-state index in [1.807, 2.05) is 22.6 Å². The van der Waals surface area contributed by atoms with Crippen molar-refractivity contribution in [3.63, 3.8) is 0 Å². The number of hydrogen-bond acceptors (Lipinski definition) is 6. The van der Waals surface area contributed by atoms with E-state index in [4.69, 9.17) is 18.9 Å². The molecule has 0 heterocycles. The molecule has 0 N–H and O–H groups in total. The average Bonchev–Trinajstić information content (AvgIpc) is 2.42. The fraction of sp³-hybridized carbons (Fsp3) is 0.417. The van der Waals surface area contributed by atoms with Gasteiger partial charge >= 0.3 is 5.97 Å². The summed E-state index contributed by atoms with van der Waals surface area (Å²) in [6, 6.07) is 3.19. The molecule has 0 atom stereocenters. The van der Waals surface area contributed by atoms with Crippen molar-refractivity contribution in [2.24, 2.45) is 0 Å². The van der Waals surface area contributed by atoms with E-state index in [1.54, 1.807) is 6.07 Å². The first-order valence-electron chi connectivity index (χ1n) is 5.29. The fourth-order valence-corrected chi connectivity index (χ4v) is 2.05. The maximum absolute atomic E-state index is 11.5. The van der Waals surface area contributed by atoms with Crippen molar-refractivity contribution in [2.45, 2.75) is 0 Å². The molecule has 0 spiro atoms. The molecule has 6 nitrogen and oxygen atoms in total. The maximum atomic E-state index is 11.5. The van der Waals surface area contributed by atoms with E-state index in [9.17, 15) is 4.79 Å². The Kier molecular flexibility index (Phi) is 6.89. The number of methoxy groups -OCH3 is 3. The minimum Gasteiger partial charge on any atom is -0.465 e. The van der Waals surface area contributed by atoms with Crippen LogP contribution in [0.5, 0.6) is 11.5 Å². The lowest BCUT2D eigenvalue weighted by atomic mass is 10.2. The second-order valence-electron chi connectivity index (χ2n) is 3.38. The third-order valence-corrected chi connectivity index (χ3v) is 2.89. The summed E-state index contributed by atoms with van der Waals surface area (Å²) in [5.41, 5.74) is 0.378. The zero-order chi connectivity index (χ0) is 14.3. The summed E-state index contributed by atoms with van der Waals surface area (Å²) in [4.78, 5) is 11.5. The average molecular weight is 382 g/mol. The molecule has 0 amide bonds. The molecular formula is C12H15IO6. The molecule has 7 heteroatoms. The molecule has 0 unspecified atom stereocenters. The standard InChI is InChI=1S/C12H15IO6/c1-15-6-18-10-5-8(12(14)17-3)4-9(13)11(10)19-7-16-2/h4-5H,6-7H2,1-3H3. The molecule has 0 aromatic heterocycles. The molecule has 1 aromatic carbocycles. The van der Waals surface area contributed by atoms with Gasteiger partial charge in [0.25, 0.3) is 0 Å². The number of halogens is 1. The topological polar surface area (TPSA) is 63.2 Å². The Bertz CT molecular complexity index is 434. The molecular weight excluding hydrogens is 367 g/mol. The van der Waals surface area contributed by atoms with Crippen molar-refractivity contribution in [1.29, 1.82) is 0 Å². The SMILES string of the molecule is COCOc1cc(C(=O)OC)cc(I)c1OCOC. The van der Waals surface area contributed by atoms with Crippen LogP contribution >= 0.6 is 22.6 Å².